The molecule has 0 aliphatic carbocycles. The van der Waals surface area contributed by atoms with Gasteiger partial charge in [-0.25, -0.2) is 4.99 Å². The van der Waals surface area contributed by atoms with Crippen molar-refractivity contribution in [2.24, 2.45) is 4.99 Å². The normalized spacial score (nSPS) is 18.7. The van der Waals surface area contributed by atoms with Crippen LogP contribution < -0.4 is 10.6 Å². The highest BCUT2D eigenvalue weighted by atomic mass is 15.2. The van der Waals surface area contributed by atoms with E-state index in [1.165, 1.54) is 82.4 Å². The molecule has 2 aliphatic rings. The second kappa shape index (κ2) is 12.1. The molecule has 1 aromatic carbocycles. The van der Waals surface area contributed by atoms with Gasteiger partial charge in [-0.3, -0.25) is 4.90 Å². The molecule has 2 heterocycles. The topological polar surface area (TPSA) is 42.9 Å². The molecule has 156 valence electrons. The van der Waals surface area contributed by atoms with E-state index in [4.69, 9.17) is 4.99 Å². The summed E-state index contributed by atoms with van der Waals surface area (Å²) in [4.78, 5) is 9.90. The third kappa shape index (κ3) is 7.44. The fourth-order valence-electron chi connectivity index (χ4n) is 4.13. The molecule has 0 saturated carbocycles. The molecule has 0 bridgehead atoms. The van der Waals surface area contributed by atoms with Gasteiger partial charge in [-0.2, -0.15) is 0 Å². The number of guanidine groups is 1. The first kappa shape index (κ1) is 21.1. The first-order chi connectivity index (χ1) is 13.8. The van der Waals surface area contributed by atoms with Crippen molar-refractivity contribution >= 4 is 5.96 Å². The SMILES string of the molecule is CCNC(=NCc1ccc(CN2CCCC2)cc1)NCCCCN1CCCC1. The maximum atomic E-state index is 4.77. The molecular weight excluding hydrogens is 346 g/mol. The molecule has 2 saturated heterocycles. The van der Waals surface area contributed by atoms with E-state index in [1.807, 2.05) is 0 Å². The average Bonchev–Trinajstić information content (AvgIpc) is 3.41. The van der Waals surface area contributed by atoms with Gasteiger partial charge in [0.05, 0.1) is 6.54 Å². The van der Waals surface area contributed by atoms with Gasteiger partial charge in [-0.05, 0) is 89.3 Å². The zero-order valence-corrected chi connectivity index (χ0v) is 17.8. The summed E-state index contributed by atoms with van der Waals surface area (Å²) in [7, 11) is 0. The molecule has 0 radical (unpaired) electrons. The minimum absolute atomic E-state index is 0.729. The van der Waals surface area contributed by atoms with E-state index < -0.39 is 0 Å². The predicted octanol–water partition coefficient (Wildman–Crippen LogP) is 3.21. The van der Waals surface area contributed by atoms with E-state index in [1.54, 1.807) is 0 Å². The maximum absolute atomic E-state index is 4.77. The number of nitrogens with one attached hydrogen (secondary N) is 2. The lowest BCUT2D eigenvalue weighted by Crippen LogP contribution is -2.38. The minimum atomic E-state index is 0.729. The van der Waals surface area contributed by atoms with E-state index in [0.717, 1.165) is 32.1 Å². The van der Waals surface area contributed by atoms with Crippen LogP contribution >= 0.6 is 0 Å². The van der Waals surface area contributed by atoms with Crippen LogP contribution in [0.5, 0.6) is 0 Å². The van der Waals surface area contributed by atoms with Gasteiger partial charge < -0.3 is 15.5 Å². The molecule has 2 aliphatic heterocycles. The smallest absolute Gasteiger partial charge is 0.191 e. The van der Waals surface area contributed by atoms with Crippen molar-refractivity contribution in [3.63, 3.8) is 0 Å². The van der Waals surface area contributed by atoms with Crippen molar-refractivity contribution in [1.82, 2.24) is 20.4 Å². The molecule has 5 nitrogen and oxygen atoms in total. The summed E-state index contributed by atoms with van der Waals surface area (Å²) in [6.45, 7) is 12.2. The lowest BCUT2D eigenvalue weighted by atomic mass is 10.1. The Hall–Kier alpha value is -1.59. The quantitative estimate of drug-likeness (QED) is 0.369. The average molecular weight is 386 g/mol. The highest BCUT2D eigenvalue weighted by Crippen LogP contribution is 2.13. The molecule has 2 N–H and O–H groups in total. The molecule has 5 heteroatoms. The van der Waals surface area contributed by atoms with Crippen molar-refractivity contribution in [2.75, 3.05) is 45.8 Å². The molecule has 0 amide bonds. The Balaban J connectivity index is 1.37. The second-order valence-corrected chi connectivity index (χ2v) is 8.18. The highest BCUT2D eigenvalue weighted by Gasteiger charge is 2.11. The predicted molar refractivity (Wildman–Crippen MR) is 119 cm³/mol. The molecule has 0 atom stereocenters. The first-order valence-electron chi connectivity index (χ1n) is 11.4. The van der Waals surface area contributed by atoms with E-state index in [-0.39, 0.29) is 0 Å². The molecule has 28 heavy (non-hydrogen) atoms. The third-order valence-electron chi connectivity index (χ3n) is 5.78. The third-order valence-corrected chi connectivity index (χ3v) is 5.78. The zero-order chi connectivity index (χ0) is 19.4. The fourth-order valence-corrected chi connectivity index (χ4v) is 4.13. The van der Waals surface area contributed by atoms with Crippen LogP contribution in [0.15, 0.2) is 29.3 Å². The Morgan fingerprint density at radius 3 is 2.18 bits per heavy atom. The summed E-state index contributed by atoms with van der Waals surface area (Å²) in [5.41, 5.74) is 2.69. The lowest BCUT2D eigenvalue weighted by Gasteiger charge is -2.15. The lowest BCUT2D eigenvalue weighted by molar-refractivity contribution is 0.330. The summed E-state index contributed by atoms with van der Waals surface area (Å²) in [6, 6.07) is 8.99. The summed E-state index contributed by atoms with van der Waals surface area (Å²) < 4.78 is 0. The molecule has 1 aromatic rings. The number of rotatable bonds is 10. The van der Waals surface area contributed by atoms with Gasteiger partial charge in [0.2, 0.25) is 0 Å². The number of unbranched alkanes of at least 4 members (excludes halogenated alkanes) is 1. The fraction of sp³-hybridized carbons (Fsp3) is 0.696. The van der Waals surface area contributed by atoms with Crippen LogP contribution in [0.25, 0.3) is 0 Å². The second-order valence-electron chi connectivity index (χ2n) is 8.18. The van der Waals surface area contributed by atoms with E-state index in [2.05, 4.69) is 51.6 Å². The van der Waals surface area contributed by atoms with E-state index in [9.17, 15) is 0 Å². The number of nitrogens with zero attached hydrogens (tertiary/aromatic N) is 3. The zero-order valence-electron chi connectivity index (χ0n) is 17.8. The number of hydrogen-bond donors (Lipinski definition) is 2. The number of aliphatic imine (C=N–C) groups is 1. The van der Waals surface area contributed by atoms with Crippen LogP contribution in [0.3, 0.4) is 0 Å². The van der Waals surface area contributed by atoms with Gasteiger partial charge in [-0.1, -0.05) is 24.3 Å². The van der Waals surface area contributed by atoms with Gasteiger partial charge in [0, 0.05) is 19.6 Å². The maximum Gasteiger partial charge on any atom is 0.191 e. The monoisotopic (exact) mass is 385 g/mol. The van der Waals surface area contributed by atoms with Crippen LogP contribution in [0, 0.1) is 0 Å². The molecule has 0 aromatic heterocycles. The van der Waals surface area contributed by atoms with Gasteiger partial charge in [0.1, 0.15) is 0 Å². The Kier molecular flexibility index (Phi) is 9.11. The van der Waals surface area contributed by atoms with E-state index >= 15 is 0 Å². The van der Waals surface area contributed by atoms with Crippen molar-refractivity contribution in [3.05, 3.63) is 35.4 Å². The standard InChI is InChI=1S/C23H39N5/c1-2-24-23(25-13-3-4-14-27-15-5-6-16-27)26-19-21-9-11-22(12-10-21)20-28-17-7-8-18-28/h9-12H,2-8,13-20H2,1H3,(H2,24,25,26). The summed E-state index contributed by atoms with van der Waals surface area (Å²) in [6.07, 6.45) is 7.94. The number of hydrogen-bond acceptors (Lipinski definition) is 3. The Morgan fingerprint density at radius 2 is 1.50 bits per heavy atom. The Labute approximate surface area is 171 Å². The van der Waals surface area contributed by atoms with Gasteiger partial charge in [0.15, 0.2) is 5.96 Å². The highest BCUT2D eigenvalue weighted by molar-refractivity contribution is 5.79. The molecule has 0 unspecified atom stereocenters. The largest absolute Gasteiger partial charge is 0.357 e. The molecular formula is C23H39N5. The summed E-state index contributed by atoms with van der Waals surface area (Å²) in [5.74, 6) is 0.935. The van der Waals surface area contributed by atoms with Crippen molar-refractivity contribution in [2.45, 2.75) is 58.5 Å². The van der Waals surface area contributed by atoms with Crippen LogP contribution in [-0.2, 0) is 13.1 Å². The van der Waals surface area contributed by atoms with Gasteiger partial charge in [0.25, 0.3) is 0 Å². The molecule has 3 rings (SSSR count). The van der Waals surface area contributed by atoms with Crippen LogP contribution in [-0.4, -0.2) is 61.6 Å². The van der Waals surface area contributed by atoms with E-state index in [0.29, 0.717) is 0 Å². The summed E-state index contributed by atoms with van der Waals surface area (Å²) in [5, 5.41) is 6.86. The number of likely N-dealkylation sites (tertiary alicyclic amines) is 2. The Bertz CT molecular complexity index is 571. The summed E-state index contributed by atoms with van der Waals surface area (Å²) >= 11 is 0. The van der Waals surface area contributed by atoms with Crippen molar-refractivity contribution in [3.8, 4) is 0 Å². The van der Waals surface area contributed by atoms with Crippen LogP contribution in [0.2, 0.25) is 0 Å². The van der Waals surface area contributed by atoms with Crippen LogP contribution in [0.4, 0.5) is 0 Å². The van der Waals surface area contributed by atoms with Crippen molar-refractivity contribution in [1.29, 1.82) is 0 Å². The first-order valence-corrected chi connectivity index (χ1v) is 11.4. The minimum Gasteiger partial charge on any atom is -0.357 e. The Morgan fingerprint density at radius 1 is 0.857 bits per heavy atom. The molecule has 2 fully saturated rings. The number of benzene rings is 1. The molecule has 0 spiro atoms. The van der Waals surface area contributed by atoms with Crippen molar-refractivity contribution < 1.29 is 0 Å². The van der Waals surface area contributed by atoms with Gasteiger partial charge in [-0.15, -0.1) is 0 Å². The van der Waals surface area contributed by atoms with Gasteiger partial charge >= 0.3 is 0 Å². The van der Waals surface area contributed by atoms with Crippen LogP contribution in [0.1, 0.15) is 56.6 Å².